The number of benzene rings is 3. The third kappa shape index (κ3) is 8.04. The quantitative estimate of drug-likeness (QED) is 0.123. The first-order valence-electron chi connectivity index (χ1n) is 16.7. The molecule has 1 aliphatic rings. The van der Waals surface area contributed by atoms with E-state index in [1.165, 1.54) is 3.97 Å². The summed E-state index contributed by atoms with van der Waals surface area (Å²) in [5.41, 5.74) is 3.91. The molecule has 2 atom stereocenters. The van der Waals surface area contributed by atoms with E-state index in [9.17, 15) is 13.2 Å². The lowest BCUT2D eigenvalue weighted by atomic mass is 9.91. The molecule has 11 nitrogen and oxygen atoms in total. The molecule has 1 saturated carbocycles. The van der Waals surface area contributed by atoms with E-state index in [1.54, 1.807) is 61.1 Å². The summed E-state index contributed by atoms with van der Waals surface area (Å²) in [6.07, 6.45) is 8.06. The summed E-state index contributed by atoms with van der Waals surface area (Å²) in [7, 11) is -3.87. The van der Waals surface area contributed by atoms with E-state index in [0.29, 0.717) is 45.4 Å². The molecule has 0 saturated heterocycles. The Morgan fingerprint density at radius 3 is 2.41 bits per heavy atom. The number of nitrogens with one attached hydrogen (secondary N) is 3. The number of hydrogen-bond donors (Lipinski definition) is 3. The van der Waals surface area contributed by atoms with E-state index < -0.39 is 16.1 Å². The number of anilines is 2. The topological polar surface area (TPSA) is 140 Å². The highest BCUT2D eigenvalue weighted by molar-refractivity contribution is 7.90. The second-order valence-corrected chi connectivity index (χ2v) is 14.6. The van der Waals surface area contributed by atoms with Crippen LogP contribution in [0.5, 0.6) is 0 Å². The average Bonchev–Trinajstić information content (AvgIpc) is 3.56. The second kappa shape index (κ2) is 15.3. The van der Waals surface area contributed by atoms with Crippen molar-refractivity contribution in [2.45, 2.75) is 55.8 Å². The predicted molar refractivity (Wildman–Crippen MR) is 198 cm³/mol. The van der Waals surface area contributed by atoms with Crippen LogP contribution in [0.2, 0.25) is 5.02 Å². The molecule has 51 heavy (non-hydrogen) atoms. The van der Waals surface area contributed by atoms with Crippen molar-refractivity contribution in [3.8, 4) is 11.3 Å². The summed E-state index contributed by atoms with van der Waals surface area (Å²) < 4.78 is 33.9. The molecular weight excluding hydrogens is 686 g/mol. The first-order chi connectivity index (χ1) is 24.8. The van der Waals surface area contributed by atoms with Crippen LogP contribution in [0.1, 0.15) is 36.9 Å². The Hall–Kier alpha value is -5.30. The highest BCUT2D eigenvalue weighted by atomic mass is 35.5. The number of nitrogens with zero attached hydrogens (tertiary/aromatic N) is 4. The number of ether oxygens (including phenoxy) is 1. The third-order valence-corrected chi connectivity index (χ3v) is 10.8. The van der Waals surface area contributed by atoms with Crippen LogP contribution in [-0.4, -0.2) is 45.5 Å². The number of carbonyl (C=O) groups is 1. The van der Waals surface area contributed by atoms with Crippen LogP contribution in [0, 0.1) is 0 Å². The molecule has 3 aromatic heterocycles. The SMILES string of the molecule is O=C(Nc1ccc(CNC2CCCC(Nc3ncc(Cl)c(-c4cn(S(=O)(=O)c5ccccc5)c5ccccc45)n3)C2)nc1)OCc1ccccc1. The largest absolute Gasteiger partial charge is 0.444 e. The molecule has 3 heterocycles. The van der Waals surface area contributed by atoms with E-state index in [1.807, 2.05) is 54.6 Å². The fourth-order valence-corrected chi connectivity index (χ4v) is 7.87. The van der Waals surface area contributed by atoms with Crippen LogP contribution in [0.3, 0.4) is 0 Å². The maximum absolute atomic E-state index is 13.7. The van der Waals surface area contributed by atoms with Gasteiger partial charge in [0.15, 0.2) is 0 Å². The molecule has 0 radical (unpaired) electrons. The molecule has 3 aromatic carbocycles. The van der Waals surface area contributed by atoms with Crippen molar-refractivity contribution in [2.24, 2.45) is 0 Å². The number of hydrogen-bond acceptors (Lipinski definition) is 9. The summed E-state index contributed by atoms with van der Waals surface area (Å²) in [6, 6.07) is 29.2. The van der Waals surface area contributed by atoms with E-state index in [0.717, 1.165) is 36.9 Å². The predicted octanol–water partition coefficient (Wildman–Crippen LogP) is 7.65. The van der Waals surface area contributed by atoms with Crippen LogP contribution in [0.15, 0.2) is 121 Å². The molecule has 3 N–H and O–H groups in total. The van der Waals surface area contributed by atoms with Crippen molar-refractivity contribution >= 4 is 50.3 Å². The fourth-order valence-electron chi connectivity index (χ4n) is 6.29. The highest BCUT2D eigenvalue weighted by Crippen LogP contribution is 2.36. The molecule has 2 unspecified atom stereocenters. The fraction of sp³-hybridized carbons (Fsp3) is 0.211. The van der Waals surface area contributed by atoms with E-state index in [2.05, 4.69) is 25.9 Å². The van der Waals surface area contributed by atoms with E-state index in [4.69, 9.17) is 21.3 Å². The molecule has 7 rings (SSSR count). The maximum atomic E-state index is 13.7. The average molecular weight is 722 g/mol. The van der Waals surface area contributed by atoms with Gasteiger partial charge < -0.3 is 15.4 Å². The number of aromatic nitrogens is 4. The molecule has 1 fully saturated rings. The Bertz CT molecular complexity index is 2230. The summed E-state index contributed by atoms with van der Waals surface area (Å²) in [5.74, 6) is 0.426. The number of amides is 1. The van der Waals surface area contributed by atoms with Gasteiger partial charge in [-0.2, -0.15) is 0 Å². The Kier molecular flexibility index (Phi) is 10.2. The monoisotopic (exact) mass is 721 g/mol. The minimum absolute atomic E-state index is 0.117. The lowest BCUT2D eigenvalue weighted by Crippen LogP contribution is -2.39. The first kappa shape index (κ1) is 34.2. The molecule has 1 amide bonds. The number of rotatable bonds is 11. The Morgan fingerprint density at radius 1 is 0.882 bits per heavy atom. The number of fused-ring (bicyclic) bond motifs is 1. The zero-order chi connectivity index (χ0) is 35.2. The van der Waals surface area contributed by atoms with Crippen molar-refractivity contribution < 1.29 is 17.9 Å². The molecular formula is C38H36ClN7O4S. The minimum Gasteiger partial charge on any atom is -0.444 e. The van der Waals surface area contributed by atoms with Crippen molar-refractivity contribution in [1.29, 1.82) is 0 Å². The van der Waals surface area contributed by atoms with Gasteiger partial charge in [0.1, 0.15) is 6.61 Å². The standard InChI is InChI=1S/C38H36ClN7O4S/c39-34-23-42-37(45-36(34)33-24-46(35-17-8-7-16-32(33)35)51(48,49)31-14-5-2-6-15-31)43-28-13-9-12-27(20-28)40-21-29-18-19-30(22-41-29)44-38(47)50-25-26-10-3-1-4-11-26/h1-8,10-11,14-19,22-24,27-28,40H,9,12-13,20-21,25H2,(H,44,47)(H,42,43,45). The smallest absolute Gasteiger partial charge is 0.412 e. The van der Waals surface area contributed by atoms with Gasteiger partial charge in [0.05, 0.1) is 44.9 Å². The molecule has 0 bridgehead atoms. The molecule has 260 valence electrons. The van der Waals surface area contributed by atoms with Crippen molar-refractivity contribution in [3.05, 3.63) is 132 Å². The third-order valence-electron chi connectivity index (χ3n) is 8.84. The molecule has 1 aliphatic carbocycles. The van der Waals surface area contributed by atoms with Crippen molar-refractivity contribution in [3.63, 3.8) is 0 Å². The van der Waals surface area contributed by atoms with Gasteiger partial charge in [0.25, 0.3) is 10.0 Å². The van der Waals surface area contributed by atoms with Gasteiger partial charge >= 0.3 is 6.09 Å². The normalized spacial score (nSPS) is 16.1. The maximum Gasteiger partial charge on any atom is 0.412 e. The van der Waals surface area contributed by atoms with Crippen molar-refractivity contribution in [1.82, 2.24) is 24.2 Å². The number of carbonyl (C=O) groups excluding carboxylic acids is 1. The molecule has 6 aromatic rings. The second-order valence-electron chi connectivity index (χ2n) is 12.4. The summed E-state index contributed by atoms with van der Waals surface area (Å²) in [5, 5.41) is 10.9. The Balaban J connectivity index is 0.980. The zero-order valence-electron chi connectivity index (χ0n) is 27.6. The number of para-hydroxylation sites is 1. The Morgan fingerprint density at radius 2 is 1.63 bits per heavy atom. The lowest BCUT2D eigenvalue weighted by Gasteiger charge is -2.30. The van der Waals surface area contributed by atoms with Crippen LogP contribution in [0.25, 0.3) is 22.2 Å². The zero-order valence-corrected chi connectivity index (χ0v) is 29.1. The molecule has 0 spiro atoms. The summed E-state index contributed by atoms with van der Waals surface area (Å²) in [4.78, 5) is 26.2. The summed E-state index contributed by atoms with van der Waals surface area (Å²) >= 11 is 6.65. The summed E-state index contributed by atoms with van der Waals surface area (Å²) in [6.45, 7) is 0.769. The van der Waals surface area contributed by atoms with Gasteiger partial charge in [0.2, 0.25) is 5.95 Å². The van der Waals surface area contributed by atoms with Crippen LogP contribution in [0.4, 0.5) is 16.4 Å². The van der Waals surface area contributed by atoms with Crippen LogP contribution < -0.4 is 16.0 Å². The van der Waals surface area contributed by atoms with E-state index >= 15 is 0 Å². The van der Waals surface area contributed by atoms with Gasteiger partial charge in [-0.15, -0.1) is 0 Å². The van der Waals surface area contributed by atoms with Crippen LogP contribution in [-0.2, 0) is 27.9 Å². The number of pyridine rings is 1. The van der Waals surface area contributed by atoms with Gasteiger partial charge in [0, 0.05) is 35.8 Å². The van der Waals surface area contributed by atoms with Crippen LogP contribution >= 0.6 is 11.6 Å². The highest BCUT2D eigenvalue weighted by Gasteiger charge is 2.25. The molecule has 0 aliphatic heterocycles. The molecule has 13 heteroatoms. The van der Waals surface area contributed by atoms with E-state index in [-0.39, 0.29) is 23.6 Å². The van der Waals surface area contributed by atoms with Gasteiger partial charge in [-0.3, -0.25) is 10.3 Å². The first-order valence-corrected chi connectivity index (χ1v) is 18.5. The van der Waals surface area contributed by atoms with Gasteiger partial charge in [-0.05, 0) is 61.6 Å². The van der Waals surface area contributed by atoms with Gasteiger partial charge in [-0.1, -0.05) is 78.3 Å². The number of halogens is 1. The Labute approximate surface area is 301 Å². The lowest BCUT2D eigenvalue weighted by molar-refractivity contribution is 0.155. The van der Waals surface area contributed by atoms with Crippen molar-refractivity contribution in [2.75, 3.05) is 10.6 Å². The van der Waals surface area contributed by atoms with Gasteiger partial charge in [-0.25, -0.2) is 27.2 Å². The minimum atomic E-state index is -3.87.